The van der Waals surface area contributed by atoms with Crippen LogP contribution in [-0.4, -0.2) is 13.2 Å². The molecule has 0 aromatic rings. The summed E-state index contributed by atoms with van der Waals surface area (Å²) in [5, 5.41) is 0. The molecular formula is C6H14NO3P. The molecule has 0 saturated heterocycles. The molecule has 0 saturated carbocycles. The third-order valence-electron chi connectivity index (χ3n) is 0.638. The Labute approximate surface area is 67.4 Å². The van der Waals surface area contributed by atoms with Gasteiger partial charge in [-0.3, -0.25) is 4.57 Å². The van der Waals surface area contributed by atoms with Gasteiger partial charge in [0.2, 0.25) is 0 Å². The summed E-state index contributed by atoms with van der Waals surface area (Å²) in [6.45, 7) is 7.30. The normalized spacial score (nSPS) is 8.82. The Morgan fingerprint density at radius 1 is 1.18 bits per heavy atom. The molecule has 0 fully saturated rings. The van der Waals surface area contributed by atoms with Crippen LogP contribution < -0.4 is 6.15 Å². The number of hydrogen-bond acceptors (Lipinski definition) is 4. The molecule has 0 rings (SSSR count). The Morgan fingerprint density at radius 3 is 1.82 bits per heavy atom. The van der Waals surface area contributed by atoms with Crippen molar-refractivity contribution in [3.8, 4) is 0 Å². The Hall–Kier alpha value is -0.410. The zero-order chi connectivity index (χ0) is 7.82. The molecule has 0 atom stereocenters. The van der Waals surface area contributed by atoms with Crippen molar-refractivity contribution in [3.05, 3.63) is 25.3 Å². The molecule has 0 heterocycles. The molecule has 0 aliphatic heterocycles. The van der Waals surface area contributed by atoms with Crippen molar-refractivity contribution in [2.75, 3.05) is 13.2 Å². The molecule has 0 aromatic carbocycles. The van der Waals surface area contributed by atoms with Gasteiger partial charge in [0.25, 0.3) is 0 Å². The Kier molecular flexibility index (Phi) is 11.5. The summed E-state index contributed by atoms with van der Waals surface area (Å²) in [6.07, 6.45) is 3.03. The van der Waals surface area contributed by atoms with E-state index in [0.29, 0.717) is 0 Å². The van der Waals surface area contributed by atoms with Crippen molar-refractivity contribution in [1.29, 1.82) is 0 Å². The van der Waals surface area contributed by atoms with Gasteiger partial charge in [-0.2, -0.15) is 0 Å². The third kappa shape index (κ3) is 9.59. The summed E-state index contributed by atoms with van der Waals surface area (Å²) in [7, 11) is -2.31. The van der Waals surface area contributed by atoms with Gasteiger partial charge < -0.3 is 15.2 Å². The minimum absolute atomic E-state index is 0. The van der Waals surface area contributed by atoms with Crippen molar-refractivity contribution in [2.45, 2.75) is 0 Å². The van der Waals surface area contributed by atoms with E-state index in [1.165, 1.54) is 12.2 Å². The van der Waals surface area contributed by atoms with Crippen LogP contribution in [0.15, 0.2) is 25.3 Å². The van der Waals surface area contributed by atoms with Crippen LogP contribution in [0.3, 0.4) is 0 Å². The molecule has 0 amide bonds. The predicted octanol–water partition coefficient (Wildman–Crippen LogP) is 1.94. The van der Waals surface area contributed by atoms with Gasteiger partial charge in [0, 0.05) is 0 Å². The largest absolute Gasteiger partial charge is 0.344 e. The van der Waals surface area contributed by atoms with E-state index in [2.05, 4.69) is 22.2 Å². The fourth-order valence-electron chi connectivity index (χ4n) is 0.296. The highest BCUT2D eigenvalue weighted by atomic mass is 31.1. The topological polar surface area (TPSA) is 70.5 Å². The quantitative estimate of drug-likeness (QED) is 0.499. The second kappa shape index (κ2) is 9.59. The SMILES string of the molecule is C=CCO[PH](=O)OCC=C.N. The predicted molar refractivity (Wildman–Crippen MR) is 46.3 cm³/mol. The fourth-order valence-corrected chi connectivity index (χ4v) is 0.887. The highest BCUT2D eigenvalue weighted by Gasteiger charge is 1.93. The highest BCUT2D eigenvalue weighted by molar-refractivity contribution is 7.33. The van der Waals surface area contributed by atoms with Gasteiger partial charge in [0.05, 0.1) is 13.2 Å². The zero-order valence-corrected chi connectivity index (χ0v) is 7.41. The first-order valence-electron chi connectivity index (χ1n) is 2.82. The van der Waals surface area contributed by atoms with Gasteiger partial charge in [0.1, 0.15) is 0 Å². The van der Waals surface area contributed by atoms with E-state index in [1.54, 1.807) is 0 Å². The molecule has 0 radical (unpaired) electrons. The second-order valence-corrected chi connectivity index (χ2v) is 2.53. The van der Waals surface area contributed by atoms with Crippen LogP contribution in [-0.2, 0) is 13.6 Å². The minimum atomic E-state index is -2.31. The van der Waals surface area contributed by atoms with E-state index < -0.39 is 8.25 Å². The van der Waals surface area contributed by atoms with Crippen LogP contribution in [0.4, 0.5) is 0 Å². The first-order chi connectivity index (χ1) is 4.81. The number of hydrogen-bond donors (Lipinski definition) is 1. The van der Waals surface area contributed by atoms with Crippen molar-refractivity contribution in [3.63, 3.8) is 0 Å². The van der Waals surface area contributed by atoms with Gasteiger partial charge in [-0.05, 0) is 0 Å². The monoisotopic (exact) mass is 179 g/mol. The lowest BCUT2D eigenvalue weighted by Crippen LogP contribution is -1.84. The van der Waals surface area contributed by atoms with Gasteiger partial charge in [-0.15, -0.1) is 13.2 Å². The Morgan fingerprint density at radius 2 is 1.55 bits per heavy atom. The smallest absolute Gasteiger partial charge is 0.319 e. The first-order valence-corrected chi connectivity index (χ1v) is 4.05. The van der Waals surface area contributed by atoms with E-state index in [1.807, 2.05) is 0 Å². The molecule has 0 aromatic heterocycles. The van der Waals surface area contributed by atoms with Crippen LogP contribution in [0.1, 0.15) is 0 Å². The standard InChI is InChI=1S/C6H11O3P.H3N/c1-3-5-8-10(7)9-6-4-2;/h3-4,10H,1-2,5-6H2;1H3. The maximum Gasteiger partial charge on any atom is 0.319 e. The average molecular weight is 179 g/mol. The van der Waals surface area contributed by atoms with Crippen molar-refractivity contribution < 1.29 is 13.6 Å². The average Bonchev–Trinajstić information content (AvgIpc) is 1.97. The molecular weight excluding hydrogens is 165 g/mol. The molecule has 0 spiro atoms. The highest BCUT2D eigenvalue weighted by Crippen LogP contribution is 2.22. The van der Waals surface area contributed by atoms with E-state index in [9.17, 15) is 4.57 Å². The van der Waals surface area contributed by atoms with Crippen LogP contribution in [0.25, 0.3) is 0 Å². The molecule has 0 unspecified atom stereocenters. The molecule has 66 valence electrons. The van der Waals surface area contributed by atoms with E-state index in [4.69, 9.17) is 0 Å². The number of rotatable bonds is 6. The maximum atomic E-state index is 10.6. The molecule has 0 bridgehead atoms. The molecule has 4 nitrogen and oxygen atoms in total. The molecule has 0 aliphatic rings. The summed E-state index contributed by atoms with van der Waals surface area (Å²) >= 11 is 0. The summed E-state index contributed by atoms with van der Waals surface area (Å²) in [4.78, 5) is 0. The lowest BCUT2D eigenvalue weighted by atomic mass is 10.7. The van der Waals surface area contributed by atoms with Crippen LogP contribution >= 0.6 is 8.25 Å². The van der Waals surface area contributed by atoms with Crippen LogP contribution in [0.5, 0.6) is 0 Å². The Bertz CT molecular complexity index is 124. The summed E-state index contributed by atoms with van der Waals surface area (Å²) in [5.74, 6) is 0. The van der Waals surface area contributed by atoms with Crippen molar-refractivity contribution in [2.24, 2.45) is 0 Å². The fraction of sp³-hybridized carbons (Fsp3) is 0.333. The molecule has 11 heavy (non-hydrogen) atoms. The lowest BCUT2D eigenvalue weighted by Gasteiger charge is -1.98. The molecule has 5 heteroatoms. The second-order valence-electron chi connectivity index (χ2n) is 1.45. The minimum Gasteiger partial charge on any atom is -0.344 e. The van der Waals surface area contributed by atoms with E-state index >= 15 is 0 Å². The summed E-state index contributed by atoms with van der Waals surface area (Å²) < 4.78 is 19.9. The summed E-state index contributed by atoms with van der Waals surface area (Å²) in [6, 6.07) is 0. The van der Waals surface area contributed by atoms with Gasteiger partial charge >= 0.3 is 8.25 Å². The van der Waals surface area contributed by atoms with Crippen molar-refractivity contribution >= 4 is 8.25 Å². The third-order valence-corrected chi connectivity index (χ3v) is 1.44. The zero-order valence-electron chi connectivity index (χ0n) is 6.41. The van der Waals surface area contributed by atoms with Crippen molar-refractivity contribution in [1.82, 2.24) is 6.15 Å². The van der Waals surface area contributed by atoms with E-state index in [-0.39, 0.29) is 19.4 Å². The first kappa shape index (κ1) is 13.2. The van der Waals surface area contributed by atoms with E-state index in [0.717, 1.165) is 0 Å². The van der Waals surface area contributed by atoms with Crippen LogP contribution in [0, 0.1) is 0 Å². The lowest BCUT2D eigenvalue weighted by molar-refractivity contribution is 0.261. The van der Waals surface area contributed by atoms with Crippen LogP contribution in [0.2, 0.25) is 0 Å². The molecule has 0 aliphatic carbocycles. The molecule has 3 N–H and O–H groups in total. The van der Waals surface area contributed by atoms with Gasteiger partial charge in [-0.25, -0.2) is 0 Å². The maximum absolute atomic E-state index is 10.6. The van der Waals surface area contributed by atoms with Gasteiger partial charge in [0.15, 0.2) is 0 Å². The Balaban J connectivity index is 0. The summed E-state index contributed by atoms with van der Waals surface area (Å²) in [5.41, 5.74) is 0. The van der Waals surface area contributed by atoms with Gasteiger partial charge in [-0.1, -0.05) is 12.2 Å².